The number of para-hydroxylation sites is 1. The van der Waals surface area contributed by atoms with Crippen molar-refractivity contribution in [2.75, 3.05) is 24.3 Å². The van der Waals surface area contributed by atoms with Gasteiger partial charge in [-0.1, -0.05) is 30.3 Å². The summed E-state index contributed by atoms with van der Waals surface area (Å²) in [6.07, 6.45) is 0. The van der Waals surface area contributed by atoms with Crippen LogP contribution < -0.4 is 16.0 Å². The predicted octanol–water partition coefficient (Wildman–Crippen LogP) is 4.34. The monoisotopic (exact) mass is 438 g/mol. The Kier molecular flexibility index (Phi) is 6.91. The Balaban J connectivity index is 1.78. The fourth-order valence-corrected chi connectivity index (χ4v) is 3.57. The van der Waals surface area contributed by atoms with Gasteiger partial charge in [0, 0.05) is 24.1 Å². The Bertz CT molecular complexity index is 1030. The van der Waals surface area contributed by atoms with Crippen LogP contribution in [0.4, 0.5) is 16.2 Å². The number of rotatable bonds is 5. The van der Waals surface area contributed by atoms with E-state index in [4.69, 9.17) is 17.0 Å². The number of anilines is 2. The molecule has 0 saturated heterocycles. The molecular weight excluding hydrogens is 412 g/mol. The first-order valence-corrected chi connectivity index (χ1v) is 10.4. The second-order valence-electron chi connectivity index (χ2n) is 7.18. The van der Waals surface area contributed by atoms with Crippen LogP contribution in [0.1, 0.15) is 31.0 Å². The third-order valence-electron chi connectivity index (χ3n) is 5.14. The molecule has 8 heteroatoms. The predicted molar refractivity (Wildman–Crippen MR) is 126 cm³/mol. The minimum atomic E-state index is -0.433. The third-order valence-corrected chi connectivity index (χ3v) is 5.54. The summed E-state index contributed by atoms with van der Waals surface area (Å²) in [4.78, 5) is 26.7. The van der Waals surface area contributed by atoms with Crippen molar-refractivity contribution in [2.45, 2.75) is 26.8 Å². The number of thiocarbonyl (C=S) groups is 1. The van der Waals surface area contributed by atoms with Crippen molar-refractivity contribution in [3.63, 3.8) is 0 Å². The topological polar surface area (TPSA) is 82.7 Å². The van der Waals surface area contributed by atoms with Gasteiger partial charge in [-0.3, -0.25) is 0 Å². The van der Waals surface area contributed by atoms with Crippen molar-refractivity contribution in [2.24, 2.45) is 0 Å². The van der Waals surface area contributed by atoms with Crippen LogP contribution in [0.5, 0.6) is 0 Å². The first-order chi connectivity index (χ1) is 14.8. The zero-order valence-electron chi connectivity index (χ0n) is 18.0. The highest BCUT2D eigenvalue weighted by atomic mass is 32.1. The normalized spacial score (nSPS) is 15.9. The Morgan fingerprint density at radius 3 is 2.42 bits per heavy atom. The molecular formula is C23H26N4O3S. The second-order valence-corrected chi connectivity index (χ2v) is 7.56. The number of hydrogen-bond acceptors (Lipinski definition) is 4. The molecule has 31 heavy (non-hydrogen) atoms. The maximum absolute atomic E-state index is 12.6. The summed E-state index contributed by atoms with van der Waals surface area (Å²) in [5.41, 5.74) is 4.45. The van der Waals surface area contributed by atoms with Gasteiger partial charge in [-0.15, -0.1) is 0 Å². The highest BCUT2D eigenvalue weighted by Crippen LogP contribution is 2.31. The van der Waals surface area contributed by atoms with Crippen LogP contribution in [-0.4, -0.2) is 35.7 Å². The van der Waals surface area contributed by atoms with Crippen molar-refractivity contribution >= 4 is 40.7 Å². The van der Waals surface area contributed by atoms with Gasteiger partial charge in [0.05, 0.1) is 18.2 Å². The van der Waals surface area contributed by atoms with Gasteiger partial charge in [0.15, 0.2) is 5.11 Å². The summed E-state index contributed by atoms with van der Waals surface area (Å²) in [5.74, 6) is -0.383. The van der Waals surface area contributed by atoms with Gasteiger partial charge >= 0.3 is 12.0 Å². The SMILES string of the molecule is CCOC(=O)C1=C(C)N(C)C(=S)NC1c1ccc(NC(=O)Nc2ccccc2C)cc1. The zero-order chi connectivity index (χ0) is 22.5. The fourth-order valence-electron chi connectivity index (χ4n) is 3.32. The van der Waals surface area contributed by atoms with Crippen molar-refractivity contribution in [3.8, 4) is 0 Å². The number of amides is 2. The summed E-state index contributed by atoms with van der Waals surface area (Å²) in [6.45, 7) is 5.84. The molecule has 0 fully saturated rings. The Labute approximate surface area is 187 Å². The van der Waals surface area contributed by atoms with Gasteiger partial charge in [-0.05, 0) is 62.3 Å². The number of hydrogen-bond donors (Lipinski definition) is 3. The molecule has 1 unspecified atom stereocenters. The van der Waals surface area contributed by atoms with E-state index in [0.717, 1.165) is 22.5 Å². The Morgan fingerprint density at radius 1 is 1.10 bits per heavy atom. The number of carbonyl (C=O) groups is 2. The molecule has 2 aromatic carbocycles. The number of ether oxygens (including phenoxy) is 1. The van der Waals surface area contributed by atoms with E-state index in [-0.39, 0.29) is 18.6 Å². The van der Waals surface area contributed by atoms with Crippen molar-refractivity contribution < 1.29 is 14.3 Å². The third kappa shape index (κ3) is 5.03. The molecule has 3 rings (SSSR count). The molecule has 0 spiro atoms. The van der Waals surface area contributed by atoms with Gasteiger partial charge in [-0.25, -0.2) is 9.59 Å². The number of nitrogens with one attached hydrogen (secondary N) is 3. The lowest BCUT2D eigenvalue weighted by molar-refractivity contribution is -0.139. The smallest absolute Gasteiger partial charge is 0.338 e. The van der Waals surface area contributed by atoms with E-state index < -0.39 is 6.04 Å². The van der Waals surface area contributed by atoms with E-state index in [2.05, 4.69) is 16.0 Å². The quantitative estimate of drug-likeness (QED) is 0.476. The largest absolute Gasteiger partial charge is 0.463 e. The summed E-state index contributed by atoms with van der Waals surface area (Å²) in [7, 11) is 1.81. The molecule has 2 aromatic rings. The molecule has 0 saturated carbocycles. The molecule has 1 heterocycles. The van der Waals surface area contributed by atoms with Crippen LogP contribution in [0.3, 0.4) is 0 Å². The molecule has 0 radical (unpaired) electrons. The van der Waals surface area contributed by atoms with Gasteiger partial charge < -0.3 is 25.6 Å². The van der Waals surface area contributed by atoms with E-state index in [9.17, 15) is 9.59 Å². The zero-order valence-corrected chi connectivity index (χ0v) is 18.8. The van der Waals surface area contributed by atoms with Gasteiger partial charge in [0.25, 0.3) is 0 Å². The molecule has 0 bridgehead atoms. The molecule has 7 nitrogen and oxygen atoms in total. The van der Waals surface area contributed by atoms with E-state index in [1.54, 1.807) is 31.0 Å². The number of aryl methyl sites for hydroxylation is 1. The lowest BCUT2D eigenvalue weighted by Gasteiger charge is -2.35. The van der Waals surface area contributed by atoms with Crippen LogP contribution in [0.25, 0.3) is 0 Å². The number of esters is 1. The molecule has 0 aromatic heterocycles. The number of carbonyl (C=O) groups excluding carboxylic acids is 2. The van der Waals surface area contributed by atoms with E-state index in [1.807, 2.05) is 50.2 Å². The van der Waals surface area contributed by atoms with Gasteiger partial charge in [-0.2, -0.15) is 0 Å². The molecule has 162 valence electrons. The van der Waals surface area contributed by atoms with Crippen LogP contribution >= 0.6 is 12.2 Å². The maximum Gasteiger partial charge on any atom is 0.338 e. The lowest BCUT2D eigenvalue weighted by atomic mass is 9.95. The standard InChI is InChI=1S/C23H26N4O3S/c1-5-30-21(28)19-15(3)27(4)23(31)26-20(19)16-10-12-17(13-11-16)24-22(29)25-18-9-7-6-8-14(18)2/h6-13,20H,5H2,1-4H3,(H,26,31)(H2,24,25,29). The molecule has 1 aliphatic heterocycles. The minimum absolute atomic E-state index is 0.287. The number of allylic oxidation sites excluding steroid dienone is 1. The lowest BCUT2D eigenvalue weighted by Crippen LogP contribution is -2.46. The Hall–Kier alpha value is -3.39. The first-order valence-electron chi connectivity index (χ1n) is 9.97. The summed E-state index contributed by atoms with van der Waals surface area (Å²) < 4.78 is 5.26. The van der Waals surface area contributed by atoms with E-state index in [1.165, 1.54) is 0 Å². The molecule has 1 atom stereocenters. The van der Waals surface area contributed by atoms with E-state index >= 15 is 0 Å². The Morgan fingerprint density at radius 2 is 1.77 bits per heavy atom. The van der Waals surface area contributed by atoms with Gasteiger partial charge in [0.1, 0.15) is 0 Å². The van der Waals surface area contributed by atoms with Crippen molar-refractivity contribution in [3.05, 3.63) is 70.9 Å². The molecule has 1 aliphatic rings. The highest BCUT2D eigenvalue weighted by Gasteiger charge is 2.33. The number of nitrogens with zero attached hydrogens (tertiary/aromatic N) is 1. The fraction of sp³-hybridized carbons (Fsp3) is 0.261. The van der Waals surface area contributed by atoms with Crippen LogP contribution in [0.15, 0.2) is 59.8 Å². The number of benzene rings is 2. The molecule has 3 N–H and O–H groups in total. The first kappa shape index (κ1) is 22.3. The highest BCUT2D eigenvalue weighted by molar-refractivity contribution is 7.80. The number of urea groups is 1. The average Bonchev–Trinajstić information content (AvgIpc) is 2.74. The van der Waals surface area contributed by atoms with Crippen molar-refractivity contribution in [1.29, 1.82) is 0 Å². The summed E-state index contributed by atoms with van der Waals surface area (Å²) >= 11 is 5.41. The van der Waals surface area contributed by atoms with Crippen LogP contribution in [0, 0.1) is 6.92 Å². The van der Waals surface area contributed by atoms with Crippen LogP contribution in [-0.2, 0) is 9.53 Å². The van der Waals surface area contributed by atoms with Crippen LogP contribution in [0.2, 0.25) is 0 Å². The summed E-state index contributed by atoms with van der Waals surface area (Å²) in [6, 6.07) is 14.1. The second kappa shape index (κ2) is 9.61. The van der Waals surface area contributed by atoms with Crippen molar-refractivity contribution in [1.82, 2.24) is 10.2 Å². The molecule has 0 aliphatic carbocycles. The molecule has 2 amide bonds. The maximum atomic E-state index is 12.6. The summed E-state index contributed by atoms with van der Waals surface area (Å²) in [5, 5.41) is 9.38. The minimum Gasteiger partial charge on any atom is -0.463 e. The van der Waals surface area contributed by atoms with E-state index in [0.29, 0.717) is 16.4 Å². The van der Waals surface area contributed by atoms with Gasteiger partial charge in [0.2, 0.25) is 0 Å². The average molecular weight is 439 g/mol.